The van der Waals surface area contributed by atoms with Gasteiger partial charge in [0, 0.05) is 0 Å². The van der Waals surface area contributed by atoms with E-state index in [1.807, 2.05) is 12.1 Å². The van der Waals surface area contributed by atoms with Crippen LogP contribution in [0.3, 0.4) is 0 Å². The van der Waals surface area contributed by atoms with Gasteiger partial charge in [0.05, 0.1) is 0 Å². The quantitative estimate of drug-likeness (QED) is 0.698. The van der Waals surface area contributed by atoms with Gasteiger partial charge in [-0.1, -0.05) is 0 Å². The minimum atomic E-state index is -3.17. The summed E-state index contributed by atoms with van der Waals surface area (Å²) in [5.41, 5.74) is 1.24. The molecule has 0 heterocycles. The Kier molecular flexibility index (Phi) is 2.92. The summed E-state index contributed by atoms with van der Waals surface area (Å²) in [7, 11) is 0. The minimum absolute atomic E-state index is 0.0854. The Bertz CT molecular complexity index is 348. The van der Waals surface area contributed by atoms with Crippen LogP contribution in [0.1, 0.15) is 26.3 Å². The number of hydrogen-bond acceptors (Lipinski definition) is 2. The maximum absolute atomic E-state index is 10.7. The average molecular weight is 240 g/mol. The molecule has 0 aromatic heterocycles. The van der Waals surface area contributed by atoms with E-state index in [1.165, 1.54) is 0 Å². The van der Waals surface area contributed by atoms with Crippen molar-refractivity contribution in [1.82, 2.24) is 0 Å². The first-order valence-electron chi connectivity index (χ1n) is 4.16. The standard InChI is InChI=1S/C10H13AsO2/c1-10(2,3)8-4-6-9(7-5-8)11(12)13/h4-7H,1-3H3. The summed E-state index contributed by atoms with van der Waals surface area (Å²) in [6.45, 7) is 6.31. The molecule has 0 aliphatic heterocycles. The number of rotatable bonds is 1. The average Bonchev–Trinajstić information content (AvgIpc) is 2.03. The SMILES string of the molecule is CC(C)(C)c1ccc([As](=O)=O)cc1. The first-order valence-corrected chi connectivity index (χ1v) is 6.63. The van der Waals surface area contributed by atoms with Crippen LogP contribution in [0.15, 0.2) is 24.3 Å². The Morgan fingerprint density at radius 2 is 1.46 bits per heavy atom. The fraction of sp³-hybridized carbons (Fsp3) is 0.400. The zero-order valence-corrected chi connectivity index (χ0v) is 9.95. The van der Waals surface area contributed by atoms with Crippen LogP contribution in [0.2, 0.25) is 0 Å². The van der Waals surface area contributed by atoms with E-state index >= 15 is 0 Å². The van der Waals surface area contributed by atoms with Gasteiger partial charge in [-0.05, 0) is 0 Å². The van der Waals surface area contributed by atoms with Crippen LogP contribution in [0.5, 0.6) is 0 Å². The van der Waals surface area contributed by atoms with Crippen molar-refractivity contribution in [3.8, 4) is 0 Å². The predicted molar refractivity (Wildman–Crippen MR) is 51.9 cm³/mol. The molecule has 13 heavy (non-hydrogen) atoms. The second-order valence-electron chi connectivity index (χ2n) is 4.05. The molecule has 0 fully saturated rings. The van der Waals surface area contributed by atoms with Crippen LogP contribution in [0.4, 0.5) is 0 Å². The van der Waals surface area contributed by atoms with E-state index in [1.54, 1.807) is 12.1 Å². The Morgan fingerprint density at radius 1 is 1.00 bits per heavy atom. The first kappa shape index (κ1) is 10.5. The van der Waals surface area contributed by atoms with E-state index in [-0.39, 0.29) is 5.41 Å². The molecule has 0 aliphatic rings. The van der Waals surface area contributed by atoms with E-state index in [9.17, 15) is 7.48 Å². The van der Waals surface area contributed by atoms with Crippen LogP contribution in [-0.4, -0.2) is 14.5 Å². The molecule has 0 saturated heterocycles. The fourth-order valence-electron chi connectivity index (χ4n) is 1.08. The van der Waals surface area contributed by atoms with Gasteiger partial charge in [-0.25, -0.2) is 0 Å². The van der Waals surface area contributed by atoms with E-state index in [0.29, 0.717) is 4.35 Å². The molecule has 0 spiro atoms. The van der Waals surface area contributed by atoms with Gasteiger partial charge in [0.15, 0.2) is 0 Å². The van der Waals surface area contributed by atoms with Crippen LogP contribution in [0, 0.1) is 0 Å². The second kappa shape index (κ2) is 3.63. The number of benzene rings is 1. The Morgan fingerprint density at radius 3 is 1.77 bits per heavy atom. The Labute approximate surface area is 82.7 Å². The topological polar surface area (TPSA) is 34.1 Å². The van der Waals surface area contributed by atoms with Crippen LogP contribution in [0.25, 0.3) is 0 Å². The van der Waals surface area contributed by atoms with Crippen LogP contribution < -0.4 is 4.35 Å². The molecule has 0 bridgehead atoms. The molecule has 2 nitrogen and oxygen atoms in total. The van der Waals surface area contributed by atoms with Crippen molar-refractivity contribution in [2.75, 3.05) is 0 Å². The Hall–Kier alpha value is -0.622. The monoisotopic (exact) mass is 240 g/mol. The first-order chi connectivity index (χ1) is 5.91. The van der Waals surface area contributed by atoms with Crippen molar-refractivity contribution in [3.05, 3.63) is 29.8 Å². The zero-order chi connectivity index (χ0) is 10.1. The molecule has 0 radical (unpaired) electrons. The van der Waals surface area contributed by atoms with Gasteiger partial charge in [-0.2, -0.15) is 0 Å². The van der Waals surface area contributed by atoms with Crippen molar-refractivity contribution >= 4 is 18.9 Å². The van der Waals surface area contributed by atoms with E-state index in [2.05, 4.69) is 20.8 Å². The molecule has 1 aromatic carbocycles. The molecule has 0 aliphatic carbocycles. The summed E-state index contributed by atoms with van der Waals surface area (Å²) in [5.74, 6) is 0. The van der Waals surface area contributed by atoms with Gasteiger partial charge in [0.1, 0.15) is 0 Å². The van der Waals surface area contributed by atoms with Gasteiger partial charge < -0.3 is 0 Å². The predicted octanol–water partition coefficient (Wildman–Crippen LogP) is 1.54. The molecule has 1 aromatic rings. The third-order valence-corrected chi connectivity index (χ3v) is 3.45. The summed E-state index contributed by atoms with van der Waals surface area (Å²) < 4.78 is 21.8. The van der Waals surface area contributed by atoms with Crippen LogP contribution >= 0.6 is 0 Å². The molecule has 1 rings (SSSR count). The van der Waals surface area contributed by atoms with Gasteiger partial charge in [0.25, 0.3) is 0 Å². The summed E-state index contributed by atoms with van der Waals surface area (Å²) in [6, 6.07) is 7.13. The molecule has 0 saturated carbocycles. The summed E-state index contributed by atoms with van der Waals surface area (Å²) >= 11 is -3.17. The van der Waals surface area contributed by atoms with Crippen molar-refractivity contribution in [3.63, 3.8) is 0 Å². The fourth-order valence-corrected chi connectivity index (χ4v) is 1.91. The van der Waals surface area contributed by atoms with Gasteiger partial charge in [-0.3, -0.25) is 0 Å². The van der Waals surface area contributed by atoms with Crippen molar-refractivity contribution in [2.45, 2.75) is 26.2 Å². The van der Waals surface area contributed by atoms with Crippen molar-refractivity contribution in [2.24, 2.45) is 0 Å². The van der Waals surface area contributed by atoms with Crippen LogP contribution in [-0.2, 0) is 12.9 Å². The van der Waals surface area contributed by atoms with Gasteiger partial charge in [0.2, 0.25) is 0 Å². The maximum atomic E-state index is 10.7. The van der Waals surface area contributed by atoms with E-state index in [0.717, 1.165) is 5.56 Å². The zero-order valence-electron chi connectivity index (χ0n) is 8.07. The molecule has 70 valence electrons. The van der Waals surface area contributed by atoms with Crippen molar-refractivity contribution < 1.29 is 7.48 Å². The molecule has 0 N–H and O–H groups in total. The van der Waals surface area contributed by atoms with Gasteiger partial charge in [-0.15, -0.1) is 0 Å². The summed E-state index contributed by atoms with van der Waals surface area (Å²) in [5, 5.41) is 0. The molecular weight excluding hydrogens is 227 g/mol. The normalized spacial score (nSPS) is 11.3. The molecule has 0 atom stereocenters. The molecule has 0 unspecified atom stereocenters. The van der Waals surface area contributed by atoms with E-state index < -0.39 is 14.5 Å². The molecular formula is C10H13AsO2. The second-order valence-corrected chi connectivity index (χ2v) is 6.22. The number of hydrogen-bond donors (Lipinski definition) is 0. The summed E-state index contributed by atoms with van der Waals surface area (Å²) in [6.07, 6.45) is 0. The Balaban J connectivity index is 3.08. The third-order valence-electron chi connectivity index (χ3n) is 1.94. The molecule has 0 amide bonds. The third kappa shape index (κ3) is 2.67. The van der Waals surface area contributed by atoms with E-state index in [4.69, 9.17) is 0 Å². The summed E-state index contributed by atoms with van der Waals surface area (Å²) in [4.78, 5) is 0. The van der Waals surface area contributed by atoms with Crippen molar-refractivity contribution in [1.29, 1.82) is 0 Å². The molecule has 3 heteroatoms. The van der Waals surface area contributed by atoms with Gasteiger partial charge >= 0.3 is 82.4 Å².